The molecule has 1 fully saturated rings. The Morgan fingerprint density at radius 3 is 3.00 bits per heavy atom. The third-order valence-corrected chi connectivity index (χ3v) is 2.80. The second kappa shape index (κ2) is 4.31. The lowest BCUT2D eigenvalue weighted by Gasteiger charge is -2.14. The summed E-state index contributed by atoms with van der Waals surface area (Å²) in [5, 5.41) is 2.76. The number of hydrogen-bond acceptors (Lipinski definition) is 5. The lowest BCUT2D eigenvalue weighted by molar-refractivity contribution is -0.124. The van der Waals surface area contributed by atoms with Crippen LogP contribution in [0.15, 0.2) is 24.5 Å². The lowest BCUT2D eigenvalue weighted by atomic mass is 10.4. The molecule has 1 N–H and O–H groups in total. The van der Waals surface area contributed by atoms with Gasteiger partial charge in [0.25, 0.3) is 5.24 Å². The van der Waals surface area contributed by atoms with Crippen LogP contribution in [0.2, 0.25) is 0 Å². The van der Waals surface area contributed by atoms with Gasteiger partial charge in [0.1, 0.15) is 0 Å². The fraction of sp³-hybridized carbons (Fsp3) is 0.222. The maximum Gasteiger partial charge on any atom is 0.290 e. The first-order valence-electron chi connectivity index (χ1n) is 4.38. The number of carbonyl (C=O) groups excluding carboxylic acids is 2. The Kier molecular flexibility index (Phi) is 2.86. The molecule has 1 aliphatic heterocycles. The Morgan fingerprint density at radius 2 is 2.40 bits per heavy atom. The molecule has 0 bridgehead atoms. The average molecular weight is 223 g/mol. The van der Waals surface area contributed by atoms with Gasteiger partial charge in [0.15, 0.2) is 0 Å². The summed E-state index contributed by atoms with van der Waals surface area (Å²) in [6.45, 7) is 0.205. The van der Waals surface area contributed by atoms with Crippen LogP contribution in [0, 0.1) is 0 Å². The van der Waals surface area contributed by atoms with Gasteiger partial charge in [-0.2, -0.15) is 0 Å². The highest BCUT2D eigenvalue weighted by Crippen LogP contribution is 2.18. The first-order chi connectivity index (χ1) is 7.27. The summed E-state index contributed by atoms with van der Waals surface area (Å²) in [6.07, 6.45) is 3.30. The van der Waals surface area contributed by atoms with Gasteiger partial charge in [-0.25, -0.2) is 0 Å². The van der Waals surface area contributed by atoms with E-state index in [-0.39, 0.29) is 23.6 Å². The SMILES string of the molecule is O=C1CSC(=O)N1CNc1cccnc1. The van der Waals surface area contributed by atoms with Gasteiger partial charge in [0.2, 0.25) is 5.91 Å². The van der Waals surface area contributed by atoms with Crippen LogP contribution in [0.5, 0.6) is 0 Å². The molecule has 0 atom stereocenters. The molecule has 1 aromatic rings. The van der Waals surface area contributed by atoms with E-state index in [9.17, 15) is 9.59 Å². The standard InChI is InChI=1S/C9H9N3O2S/c13-8-5-15-9(14)12(8)6-11-7-2-1-3-10-4-7/h1-4,11H,5-6H2. The smallest absolute Gasteiger partial charge is 0.290 e. The van der Waals surface area contributed by atoms with E-state index in [0.29, 0.717) is 0 Å². The highest BCUT2D eigenvalue weighted by atomic mass is 32.2. The zero-order valence-corrected chi connectivity index (χ0v) is 8.66. The van der Waals surface area contributed by atoms with Crippen molar-refractivity contribution in [2.24, 2.45) is 0 Å². The Morgan fingerprint density at radius 1 is 1.53 bits per heavy atom. The van der Waals surface area contributed by atoms with Gasteiger partial charge < -0.3 is 5.32 Å². The molecule has 2 amide bonds. The first kappa shape index (κ1) is 9.97. The summed E-state index contributed by atoms with van der Waals surface area (Å²) in [5.41, 5.74) is 0.787. The van der Waals surface area contributed by atoms with Crippen LogP contribution in [0.25, 0.3) is 0 Å². The minimum Gasteiger partial charge on any atom is -0.366 e. The molecular formula is C9H9N3O2S. The van der Waals surface area contributed by atoms with Crippen LogP contribution < -0.4 is 5.32 Å². The summed E-state index contributed by atoms with van der Waals surface area (Å²) >= 11 is 1.03. The quantitative estimate of drug-likeness (QED) is 0.832. The van der Waals surface area contributed by atoms with Crippen LogP contribution in [-0.4, -0.2) is 33.5 Å². The maximum atomic E-state index is 11.2. The average Bonchev–Trinajstić information content (AvgIpc) is 2.58. The van der Waals surface area contributed by atoms with Crippen LogP contribution in [-0.2, 0) is 4.79 Å². The largest absolute Gasteiger partial charge is 0.366 e. The molecule has 78 valence electrons. The third kappa shape index (κ3) is 2.27. The minimum absolute atomic E-state index is 0.151. The van der Waals surface area contributed by atoms with Crippen LogP contribution in [0.4, 0.5) is 10.5 Å². The number of aromatic nitrogens is 1. The molecule has 1 aliphatic rings. The summed E-state index contributed by atoms with van der Waals surface area (Å²) in [6, 6.07) is 3.61. The minimum atomic E-state index is -0.198. The van der Waals surface area contributed by atoms with Crippen molar-refractivity contribution in [3.63, 3.8) is 0 Å². The van der Waals surface area contributed by atoms with E-state index in [2.05, 4.69) is 10.3 Å². The van der Waals surface area contributed by atoms with Crippen LogP contribution >= 0.6 is 11.8 Å². The van der Waals surface area contributed by atoms with Gasteiger partial charge in [0, 0.05) is 12.4 Å². The van der Waals surface area contributed by atoms with E-state index < -0.39 is 0 Å². The van der Waals surface area contributed by atoms with Crippen molar-refractivity contribution < 1.29 is 9.59 Å². The van der Waals surface area contributed by atoms with Crippen molar-refractivity contribution in [2.45, 2.75) is 0 Å². The number of nitrogens with one attached hydrogen (secondary N) is 1. The Balaban J connectivity index is 1.93. The zero-order chi connectivity index (χ0) is 10.7. The highest BCUT2D eigenvalue weighted by Gasteiger charge is 2.29. The molecule has 1 saturated heterocycles. The lowest BCUT2D eigenvalue weighted by Crippen LogP contribution is -2.33. The summed E-state index contributed by atoms with van der Waals surface area (Å²) in [5.74, 6) is 0.0921. The summed E-state index contributed by atoms with van der Waals surface area (Å²) in [7, 11) is 0. The number of rotatable bonds is 3. The Bertz CT molecular complexity index is 366. The van der Waals surface area contributed by atoms with Gasteiger partial charge in [-0.3, -0.25) is 19.5 Å². The van der Waals surface area contributed by atoms with Crippen molar-refractivity contribution in [1.82, 2.24) is 9.88 Å². The molecule has 5 nitrogen and oxygen atoms in total. The molecule has 0 unspecified atom stereocenters. The van der Waals surface area contributed by atoms with Crippen molar-refractivity contribution in [1.29, 1.82) is 0 Å². The van der Waals surface area contributed by atoms with Crippen molar-refractivity contribution in [2.75, 3.05) is 17.7 Å². The van der Waals surface area contributed by atoms with Gasteiger partial charge in [-0.1, -0.05) is 11.8 Å². The predicted octanol–water partition coefficient (Wildman–Crippen LogP) is 1.15. The van der Waals surface area contributed by atoms with E-state index in [1.165, 1.54) is 4.90 Å². The van der Waals surface area contributed by atoms with Gasteiger partial charge >= 0.3 is 0 Å². The second-order valence-corrected chi connectivity index (χ2v) is 3.88. The molecule has 2 rings (SSSR count). The number of carbonyl (C=O) groups is 2. The summed E-state index contributed by atoms with van der Waals surface area (Å²) in [4.78, 5) is 27.6. The maximum absolute atomic E-state index is 11.2. The van der Waals surface area contributed by atoms with Crippen LogP contribution in [0.3, 0.4) is 0 Å². The molecule has 6 heteroatoms. The third-order valence-electron chi connectivity index (χ3n) is 1.94. The number of imide groups is 1. The van der Waals surface area contributed by atoms with Crippen molar-refractivity contribution >= 4 is 28.6 Å². The predicted molar refractivity (Wildman–Crippen MR) is 57.4 cm³/mol. The number of amides is 2. The Hall–Kier alpha value is -1.56. The van der Waals surface area contributed by atoms with Crippen molar-refractivity contribution in [3.05, 3.63) is 24.5 Å². The number of hydrogen-bond donors (Lipinski definition) is 1. The number of pyridine rings is 1. The molecular weight excluding hydrogens is 214 g/mol. The van der Waals surface area contributed by atoms with E-state index in [1.54, 1.807) is 18.5 Å². The molecule has 0 aromatic carbocycles. The monoisotopic (exact) mass is 223 g/mol. The number of nitrogens with zero attached hydrogens (tertiary/aromatic N) is 2. The molecule has 0 spiro atoms. The molecule has 15 heavy (non-hydrogen) atoms. The molecule has 0 radical (unpaired) electrons. The molecule has 1 aromatic heterocycles. The van der Waals surface area contributed by atoms with Gasteiger partial charge in [-0.15, -0.1) is 0 Å². The van der Waals surface area contributed by atoms with E-state index in [0.717, 1.165) is 17.4 Å². The number of anilines is 1. The normalized spacial score (nSPS) is 15.9. The van der Waals surface area contributed by atoms with Crippen LogP contribution in [0.1, 0.15) is 0 Å². The Labute approximate surface area is 90.9 Å². The van der Waals surface area contributed by atoms with Gasteiger partial charge in [-0.05, 0) is 12.1 Å². The topological polar surface area (TPSA) is 62.3 Å². The molecule has 0 saturated carbocycles. The number of thioether (sulfide) groups is 1. The summed E-state index contributed by atoms with van der Waals surface area (Å²) < 4.78 is 0. The highest BCUT2D eigenvalue weighted by molar-refractivity contribution is 8.14. The van der Waals surface area contributed by atoms with Gasteiger partial charge in [0.05, 0.1) is 18.1 Å². The van der Waals surface area contributed by atoms with E-state index in [1.807, 2.05) is 6.07 Å². The van der Waals surface area contributed by atoms with E-state index in [4.69, 9.17) is 0 Å². The molecule has 2 heterocycles. The zero-order valence-electron chi connectivity index (χ0n) is 7.84. The fourth-order valence-electron chi connectivity index (χ4n) is 1.17. The van der Waals surface area contributed by atoms with E-state index >= 15 is 0 Å². The molecule has 0 aliphatic carbocycles. The second-order valence-electron chi connectivity index (χ2n) is 2.95. The van der Waals surface area contributed by atoms with Crippen molar-refractivity contribution in [3.8, 4) is 0 Å². The first-order valence-corrected chi connectivity index (χ1v) is 5.37. The fourth-order valence-corrected chi connectivity index (χ4v) is 1.90.